The van der Waals surface area contributed by atoms with Crippen molar-refractivity contribution >= 4 is 5.82 Å². The zero-order chi connectivity index (χ0) is 19.5. The van der Waals surface area contributed by atoms with E-state index in [9.17, 15) is 0 Å². The Morgan fingerprint density at radius 1 is 1.14 bits per heavy atom. The fourth-order valence-corrected chi connectivity index (χ4v) is 3.23. The number of aryl methyl sites for hydroxylation is 2. The first-order valence-corrected chi connectivity index (χ1v) is 9.19. The van der Waals surface area contributed by atoms with Gasteiger partial charge >= 0.3 is 0 Å². The summed E-state index contributed by atoms with van der Waals surface area (Å²) >= 11 is 0. The van der Waals surface area contributed by atoms with Crippen molar-refractivity contribution in [2.45, 2.75) is 32.8 Å². The van der Waals surface area contributed by atoms with Gasteiger partial charge in [-0.05, 0) is 31.5 Å². The number of nitrogens with zero attached hydrogens (tertiary/aromatic N) is 6. The van der Waals surface area contributed by atoms with Crippen LogP contribution in [0.15, 0.2) is 28.9 Å². The van der Waals surface area contributed by atoms with Crippen molar-refractivity contribution in [2.24, 2.45) is 0 Å². The molecule has 9 heteroatoms. The van der Waals surface area contributed by atoms with E-state index in [1.807, 2.05) is 19.1 Å². The highest BCUT2D eigenvalue weighted by Crippen LogP contribution is 2.26. The summed E-state index contributed by atoms with van der Waals surface area (Å²) in [5.41, 5.74) is 1.62. The number of anilines is 1. The molecule has 4 heterocycles. The Kier molecular flexibility index (Phi) is 5.05. The van der Waals surface area contributed by atoms with Gasteiger partial charge in [0.2, 0.25) is 5.88 Å². The van der Waals surface area contributed by atoms with Gasteiger partial charge in [0.05, 0.1) is 13.3 Å². The molecule has 28 heavy (non-hydrogen) atoms. The third kappa shape index (κ3) is 3.88. The molecule has 3 aromatic rings. The summed E-state index contributed by atoms with van der Waals surface area (Å²) in [5, 5.41) is 12.5. The molecule has 146 valence electrons. The summed E-state index contributed by atoms with van der Waals surface area (Å²) in [6, 6.07) is 5.61. The van der Waals surface area contributed by atoms with E-state index in [-0.39, 0.29) is 6.10 Å². The second-order valence-electron chi connectivity index (χ2n) is 6.72. The molecule has 1 aliphatic heterocycles. The number of methoxy groups -OCH3 is 1. The largest absolute Gasteiger partial charge is 0.489 e. The van der Waals surface area contributed by atoms with Crippen LogP contribution in [0.2, 0.25) is 0 Å². The molecular weight excluding hydrogens is 360 g/mol. The molecule has 0 unspecified atom stereocenters. The molecule has 0 saturated carbocycles. The van der Waals surface area contributed by atoms with Crippen molar-refractivity contribution in [1.82, 2.24) is 25.3 Å². The van der Waals surface area contributed by atoms with Gasteiger partial charge in [-0.3, -0.25) is 0 Å². The van der Waals surface area contributed by atoms with Crippen LogP contribution in [0, 0.1) is 13.8 Å². The first-order chi connectivity index (χ1) is 13.6. The molecule has 0 amide bonds. The minimum Gasteiger partial charge on any atom is -0.489 e. The molecule has 0 radical (unpaired) electrons. The lowest BCUT2D eigenvalue weighted by atomic mass is 10.1. The van der Waals surface area contributed by atoms with Crippen LogP contribution in [0.4, 0.5) is 5.82 Å². The molecule has 1 aliphatic rings. The Morgan fingerprint density at radius 2 is 1.96 bits per heavy atom. The second kappa shape index (κ2) is 7.79. The molecule has 1 fully saturated rings. The van der Waals surface area contributed by atoms with Crippen molar-refractivity contribution in [2.75, 3.05) is 25.1 Å². The number of ether oxygens (including phenoxy) is 2. The number of hydrogen-bond donors (Lipinski definition) is 0. The van der Waals surface area contributed by atoms with Crippen LogP contribution in [0.25, 0.3) is 11.6 Å². The van der Waals surface area contributed by atoms with Gasteiger partial charge < -0.3 is 18.9 Å². The van der Waals surface area contributed by atoms with E-state index in [1.165, 1.54) is 0 Å². The van der Waals surface area contributed by atoms with Crippen molar-refractivity contribution in [1.29, 1.82) is 0 Å². The van der Waals surface area contributed by atoms with Gasteiger partial charge in [0.1, 0.15) is 11.9 Å². The van der Waals surface area contributed by atoms with Gasteiger partial charge in [0, 0.05) is 32.0 Å². The van der Waals surface area contributed by atoms with Crippen molar-refractivity contribution in [3.8, 4) is 23.2 Å². The number of pyridine rings is 1. The van der Waals surface area contributed by atoms with Gasteiger partial charge in [0.25, 0.3) is 5.89 Å². The van der Waals surface area contributed by atoms with Crippen LogP contribution in [0.1, 0.15) is 24.2 Å². The normalized spacial score (nSPS) is 14.9. The Morgan fingerprint density at radius 3 is 2.57 bits per heavy atom. The van der Waals surface area contributed by atoms with Crippen LogP contribution in [-0.4, -0.2) is 51.6 Å². The van der Waals surface area contributed by atoms with Crippen LogP contribution in [0.3, 0.4) is 0 Å². The maximum atomic E-state index is 6.04. The smallest absolute Gasteiger partial charge is 0.278 e. The Labute approximate surface area is 162 Å². The maximum Gasteiger partial charge on any atom is 0.278 e. The van der Waals surface area contributed by atoms with E-state index in [0.29, 0.717) is 23.3 Å². The van der Waals surface area contributed by atoms with Crippen LogP contribution >= 0.6 is 0 Å². The summed E-state index contributed by atoms with van der Waals surface area (Å²) in [6.45, 7) is 5.49. The minimum atomic E-state index is 0.153. The second-order valence-corrected chi connectivity index (χ2v) is 6.72. The first kappa shape index (κ1) is 18.1. The van der Waals surface area contributed by atoms with E-state index in [1.54, 1.807) is 26.3 Å². The van der Waals surface area contributed by atoms with E-state index in [0.717, 1.165) is 43.1 Å². The average molecular weight is 382 g/mol. The van der Waals surface area contributed by atoms with Crippen molar-refractivity contribution < 1.29 is 14.0 Å². The zero-order valence-corrected chi connectivity index (χ0v) is 16.1. The SMILES string of the molecule is COc1ccc(OC2CCN(c3nnc(-c4nc(C)no4)cc3C)CC2)cn1. The predicted molar refractivity (Wildman–Crippen MR) is 101 cm³/mol. The molecule has 0 bridgehead atoms. The lowest BCUT2D eigenvalue weighted by molar-refractivity contribution is 0.169. The van der Waals surface area contributed by atoms with Gasteiger partial charge in [-0.25, -0.2) is 4.98 Å². The molecule has 9 nitrogen and oxygen atoms in total. The van der Waals surface area contributed by atoms with E-state index in [2.05, 4.69) is 30.2 Å². The first-order valence-electron chi connectivity index (χ1n) is 9.19. The zero-order valence-electron chi connectivity index (χ0n) is 16.1. The summed E-state index contributed by atoms with van der Waals surface area (Å²) in [4.78, 5) is 10.6. The van der Waals surface area contributed by atoms with Crippen LogP contribution in [-0.2, 0) is 0 Å². The summed E-state index contributed by atoms with van der Waals surface area (Å²) in [6.07, 6.45) is 3.65. The molecular formula is C19H22N6O3. The van der Waals surface area contributed by atoms with Crippen molar-refractivity contribution in [3.63, 3.8) is 0 Å². The molecule has 0 spiro atoms. The Balaban J connectivity index is 1.38. The van der Waals surface area contributed by atoms with E-state index >= 15 is 0 Å². The molecule has 0 aromatic carbocycles. The molecule has 0 N–H and O–H groups in total. The molecule has 0 aliphatic carbocycles. The Hall–Kier alpha value is -3.23. The minimum absolute atomic E-state index is 0.153. The van der Waals surface area contributed by atoms with Gasteiger partial charge in [-0.2, -0.15) is 4.98 Å². The third-order valence-electron chi connectivity index (χ3n) is 4.67. The van der Waals surface area contributed by atoms with Crippen LogP contribution in [0.5, 0.6) is 11.6 Å². The van der Waals surface area contributed by atoms with Gasteiger partial charge in [-0.15, -0.1) is 10.2 Å². The fourth-order valence-electron chi connectivity index (χ4n) is 3.23. The molecule has 0 atom stereocenters. The summed E-state index contributed by atoms with van der Waals surface area (Å²) in [7, 11) is 1.60. The van der Waals surface area contributed by atoms with E-state index < -0.39 is 0 Å². The van der Waals surface area contributed by atoms with E-state index in [4.69, 9.17) is 14.0 Å². The maximum absolute atomic E-state index is 6.04. The monoisotopic (exact) mass is 382 g/mol. The summed E-state index contributed by atoms with van der Waals surface area (Å²) < 4.78 is 16.3. The lowest BCUT2D eigenvalue weighted by Crippen LogP contribution is -2.39. The number of piperidine rings is 1. The topological polar surface area (TPSA) is 99.3 Å². The predicted octanol–water partition coefficient (Wildman–Crippen LogP) is 2.59. The highest BCUT2D eigenvalue weighted by Gasteiger charge is 2.23. The van der Waals surface area contributed by atoms with Crippen molar-refractivity contribution in [3.05, 3.63) is 35.8 Å². The van der Waals surface area contributed by atoms with Gasteiger partial charge in [0.15, 0.2) is 17.3 Å². The Bertz CT molecular complexity index is 935. The highest BCUT2D eigenvalue weighted by molar-refractivity contribution is 5.54. The molecule has 3 aromatic heterocycles. The highest BCUT2D eigenvalue weighted by atomic mass is 16.5. The quantitative estimate of drug-likeness (QED) is 0.659. The number of rotatable bonds is 5. The number of hydrogen-bond acceptors (Lipinski definition) is 9. The molecule has 1 saturated heterocycles. The lowest BCUT2D eigenvalue weighted by Gasteiger charge is -2.33. The molecule has 4 rings (SSSR count). The standard InChI is InChI=1S/C19H22N6O3/c1-12-10-16(19-21-13(2)24-28-19)22-23-18(12)25-8-6-14(7-9-25)27-15-4-5-17(26-3)20-11-15/h4-5,10-11,14H,6-9H2,1-3H3. The third-order valence-corrected chi connectivity index (χ3v) is 4.67. The number of aromatic nitrogens is 5. The van der Waals surface area contributed by atoms with Crippen LogP contribution < -0.4 is 14.4 Å². The summed E-state index contributed by atoms with van der Waals surface area (Å²) in [5.74, 6) is 3.18. The van der Waals surface area contributed by atoms with Gasteiger partial charge in [-0.1, -0.05) is 5.16 Å². The average Bonchev–Trinajstić information content (AvgIpc) is 3.16. The fraction of sp³-hybridized carbons (Fsp3) is 0.421.